The Morgan fingerprint density at radius 3 is 2.56 bits per heavy atom. The van der Waals surface area contributed by atoms with Crippen molar-refractivity contribution in [2.24, 2.45) is 0 Å². The van der Waals surface area contributed by atoms with Crippen LogP contribution in [0.25, 0.3) is 0 Å². The van der Waals surface area contributed by atoms with Gasteiger partial charge in [0.1, 0.15) is 11.8 Å². The van der Waals surface area contributed by atoms with E-state index in [0.29, 0.717) is 22.9 Å². The highest BCUT2D eigenvalue weighted by molar-refractivity contribution is 6.32. The van der Waals surface area contributed by atoms with Crippen molar-refractivity contribution in [3.63, 3.8) is 0 Å². The third-order valence-corrected chi connectivity index (χ3v) is 2.96. The van der Waals surface area contributed by atoms with Gasteiger partial charge in [0, 0.05) is 0 Å². The topological polar surface area (TPSA) is 49.8 Å². The van der Waals surface area contributed by atoms with Crippen molar-refractivity contribution in [1.29, 1.82) is 0 Å². The van der Waals surface area contributed by atoms with E-state index in [2.05, 4.69) is 0 Å². The molecule has 1 atom stereocenters. The van der Waals surface area contributed by atoms with Crippen LogP contribution < -0.4 is 4.74 Å². The quantitative estimate of drug-likeness (QED) is 0.895. The molecule has 1 aromatic rings. The molecule has 1 N–H and O–H groups in total. The number of aliphatic carboxylic acids is 1. The lowest BCUT2D eigenvalue weighted by Crippen LogP contribution is -2.28. The van der Waals surface area contributed by atoms with E-state index >= 15 is 0 Å². The standard InChI is InChI=1S/C13H18ClNO3/c1-5-18-11-6-8(2)9(7-10(11)14)12(13(16)17)15(3)4/h6-7,12H,5H2,1-4H3,(H,16,17). The fraction of sp³-hybridized carbons (Fsp3) is 0.462. The Bertz CT molecular complexity index is 446. The molecule has 1 rings (SSSR count). The second kappa shape index (κ2) is 6.07. The van der Waals surface area contributed by atoms with Gasteiger partial charge in [0.2, 0.25) is 0 Å². The molecule has 0 saturated carbocycles. The molecule has 0 bridgehead atoms. The largest absolute Gasteiger partial charge is 0.492 e. The number of hydrogen-bond acceptors (Lipinski definition) is 3. The fourth-order valence-corrected chi connectivity index (χ4v) is 2.09. The lowest BCUT2D eigenvalue weighted by molar-refractivity contribution is -0.142. The second-order valence-corrected chi connectivity index (χ2v) is 4.68. The first kappa shape index (κ1) is 14.8. The lowest BCUT2D eigenvalue weighted by Gasteiger charge is -2.23. The van der Waals surface area contributed by atoms with Gasteiger partial charge >= 0.3 is 5.97 Å². The normalized spacial score (nSPS) is 12.6. The molecule has 4 nitrogen and oxygen atoms in total. The molecule has 0 radical (unpaired) electrons. The number of hydrogen-bond donors (Lipinski definition) is 1. The van der Waals surface area contributed by atoms with Crippen molar-refractivity contribution in [1.82, 2.24) is 4.90 Å². The molecule has 5 heteroatoms. The first-order valence-electron chi connectivity index (χ1n) is 5.70. The van der Waals surface area contributed by atoms with Gasteiger partial charge in [0.05, 0.1) is 11.6 Å². The Kier molecular flexibility index (Phi) is 4.99. The molecule has 0 heterocycles. The third-order valence-electron chi connectivity index (χ3n) is 2.67. The molecule has 0 fully saturated rings. The zero-order chi connectivity index (χ0) is 13.9. The van der Waals surface area contributed by atoms with Crippen molar-refractivity contribution in [2.75, 3.05) is 20.7 Å². The van der Waals surface area contributed by atoms with Crippen LogP contribution in [0.5, 0.6) is 5.75 Å². The van der Waals surface area contributed by atoms with Crippen LogP contribution in [0.15, 0.2) is 12.1 Å². The van der Waals surface area contributed by atoms with Gasteiger partial charge in [-0.1, -0.05) is 11.6 Å². The average molecular weight is 272 g/mol. The monoisotopic (exact) mass is 271 g/mol. The number of carboxylic acids is 1. The summed E-state index contributed by atoms with van der Waals surface area (Å²) in [7, 11) is 3.45. The maximum atomic E-state index is 11.3. The van der Waals surface area contributed by atoms with Gasteiger partial charge in [0.15, 0.2) is 0 Å². The molecular formula is C13H18ClNO3. The van der Waals surface area contributed by atoms with Crippen LogP contribution in [0.2, 0.25) is 5.02 Å². The molecule has 0 amide bonds. The van der Waals surface area contributed by atoms with Crippen LogP contribution in [-0.4, -0.2) is 36.7 Å². The van der Waals surface area contributed by atoms with Crippen molar-refractivity contribution < 1.29 is 14.6 Å². The van der Waals surface area contributed by atoms with Crippen molar-refractivity contribution >= 4 is 17.6 Å². The number of aryl methyl sites for hydroxylation is 1. The Hall–Kier alpha value is -1.26. The van der Waals surface area contributed by atoms with Crippen LogP contribution in [0.3, 0.4) is 0 Å². The zero-order valence-electron chi connectivity index (χ0n) is 11.0. The molecule has 0 aromatic heterocycles. The van der Waals surface area contributed by atoms with E-state index in [1.54, 1.807) is 31.1 Å². The van der Waals surface area contributed by atoms with E-state index in [4.69, 9.17) is 16.3 Å². The summed E-state index contributed by atoms with van der Waals surface area (Å²) in [5.74, 6) is -0.313. The maximum absolute atomic E-state index is 11.3. The summed E-state index contributed by atoms with van der Waals surface area (Å²) < 4.78 is 5.38. The predicted octanol–water partition coefficient (Wildman–Crippen LogP) is 2.73. The number of nitrogens with zero attached hydrogens (tertiary/aromatic N) is 1. The van der Waals surface area contributed by atoms with Gasteiger partial charge in [-0.05, 0) is 51.2 Å². The minimum Gasteiger partial charge on any atom is -0.492 e. The summed E-state index contributed by atoms with van der Waals surface area (Å²) >= 11 is 6.10. The smallest absolute Gasteiger partial charge is 0.325 e. The Balaban J connectivity index is 3.25. The number of halogens is 1. The van der Waals surface area contributed by atoms with E-state index in [1.165, 1.54) is 0 Å². The van der Waals surface area contributed by atoms with Gasteiger partial charge < -0.3 is 9.84 Å². The summed E-state index contributed by atoms with van der Waals surface area (Å²) in [6.45, 7) is 4.25. The summed E-state index contributed by atoms with van der Waals surface area (Å²) in [4.78, 5) is 12.9. The lowest BCUT2D eigenvalue weighted by atomic mass is 10.00. The summed E-state index contributed by atoms with van der Waals surface area (Å²) in [6, 6.07) is 2.74. The van der Waals surface area contributed by atoms with Crippen LogP contribution in [-0.2, 0) is 4.79 Å². The first-order chi connectivity index (χ1) is 8.38. The predicted molar refractivity (Wildman–Crippen MR) is 71.4 cm³/mol. The van der Waals surface area contributed by atoms with Crippen molar-refractivity contribution in [2.45, 2.75) is 19.9 Å². The van der Waals surface area contributed by atoms with Gasteiger partial charge in [0.25, 0.3) is 0 Å². The third kappa shape index (κ3) is 3.15. The molecule has 0 aliphatic heterocycles. The van der Waals surface area contributed by atoms with Gasteiger partial charge in [-0.3, -0.25) is 9.69 Å². The van der Waals surface area contributed by atoms with Gasteiger partial charge in [-0.25, -0.2) is 0 Å². The van der Waals surface area contributed by atoms with E-state index in [9.17, 15) is 9.90 Å². The van der Waals surface area contributed by atoms with Crippen LogP contribution in [0.1, 0.15) is 24.1 Å². The number of ether oxygens (including phenoxy) is 1. The minimum atomic E-state index is -0.900. The Morgan fingerprint density at radius 1 is 1.50 bits per heavy atom. The minimum absolute atomic E-state index is 0.436. The van der Waals surface area contributed by atoms with E-state index in [-0.39, 0.29) is 0 Å². The Labute approximate surface area is 112 Å². The molecule has 0 aliphatic carbocycles. The number of carboxylic acid groups (broad SMARTS) is 1. The maximum Gasteiger partial charge on any atom is 0.325 e. The molecule has 1 unspecified atom stereocenters. The second-order valence-electron chi connectivity index (χ2n) is 4.28. The highest BCUT2D eigenvalue weighted by Gasteiger charge is 2.25. The number of carbonyl (C=O) groups is 1. The van der Waals surface area contributed by atoms with E-state index in [0.717, 1.165) is 5.56 Å². The highest BCUT2D eigenvalue weighted by Crippen LogP contribution is 2.32. The molecule has 0 spiro atoms. The Morgan fingerprint density at radius 2 is 2.11 bits per heavy atom. The molecular weight excluding hydrogens is 254 g/mol. The van der Waals surface area contributed by atoms with E-state index < -0.39 is 12.0 Å². The molecule has 1 aromatic carbocycles. The van der Waals surface area contributed by atoms with Crippen molar-refractivity contribution in [3.05, 3.63) is 28.3 Å². The number of rotatable bonds is 5. The number of benzene rings is 1. The summed E-state index contributed by atoms with van der Waals surface area (Å²) in [5.41, 5.74) is 1.53. The van der Waals surface area contributed by atoms with Gasteiger partial charge in [-0.15, -0.1) is 0 Å². The van der Waals surface area contributed by atoms with Crippen molar-refractivity contribution in [3.8, 4) is 5.75 Å². The van der Waals surface area contributed by atoms with Crippen LogP contribution >= 0.6 is 11.6 Å². The zero-order valence-corrected chi connectivity index (χ0v) is 11.8. The summed E-state index contributed by atoms with van der Waals surface area (Å²) in [5, 5.41) is 9.70. The molecule has 18 heavy (non-hydrogen) atoms. The SMILES string of the molecule is CCOc1cc(C)c(C(C(=O)O)N(C)C)cc1Cl. The molecule has 0 saturated heterocycles. The van der Waals surface area contributed by atoms with Crippen LogP contribution in [0, 0.1) is 6.92 Å². The summed E-state index contributed by atoms with van der Waals surface area (Å²) in [6.07, 6.45) is 0. The average Bonchev–Trinajstić information content (AvgIpc) is 2.24. The molecule has 100 valence electrons. The highest BCUT2D eigenvalue weighted by atomic mass is 35.5. The van der Waals surface area contributed by atoms with Crippen LogP contribution in [0.4, 0.5) is 0 Å². The van der Waals surface area contributed by atoms with E-state index in [1.807, 2.05) is 13.8 Å². The fourth-order valence-electron chi connectivity index (χ4n) is 1.86. The number of likely N-dealkylation sites (N-methyl/N-ethyl adjacent to an activating group) is 1. The molecule has 0 aliphatic rings. The van der Waals surface area contributed by atoms with Gasteiger partial charge in [-0.2, -0.15) is 0 Å². The first-order valence-corrected chi connectivity index (χ1v) is 6.08.